The van der Waals surface area contributed by atoms with Gasteiger partial charge in [-0.05, 0) is 48.9 Å². The maximum absolute atomic E-state index is 12.1. The lowest BCUT2D eigenvalue weighted by Gasteiger charge is -2.26. The van der Waals surface area contributed by atoms with E-state index < -0.39 is 6.16 Å². The van der Waals surface area contributed by atoms with Gasteiger partial charge in [-0.3, -0.25) is 4.90 Å². The summed E-state index contributed by atoms with van der Waals surface area (Å²) < 4.78 is 10.9. The summed E-state index contributed by atoms with van der Waals surface area (Å²) in [6, 6.07) is 6.07. The van der Waals surface area contributed by atoms with E-state index >= 15 is 0 Å². The van der Waals surface area contributed by atoms with Crippen LogP contribution in [0.25, 0.3) is 0 Å². The molecule has 1 aliphatic rings. The number of ether oxygens (including phenoxy) is 2. The molecule has 134 valence electrons. The summed E-state index contributed by atoms with van der Waals surface area (Å²) in [5.74, 6) is 1.25. The second-order valence-electron chi connectivity index (χ2n) is 7.18. The van der Waals surface area contributed by atoms with Gasteiger partial charge in [0.1, 0.15) is 12.4 Å². The highest BCUT2D eigenvalue weighted by atomic mass is 16.7. The largest absolute Gasteiger partial charge is 0.513 e. The lowest BCUT2D eigenvalue weighted by molar-refractivity contribution is 0.0830. The zero-order valence-electron chi connectivity index (χ0n) is 15.5. The third kappa shape index (κ3) is 5.23. The quantitative estimate of drug-likeness (QED) is 0.546. The van der Waals surface area contributed by atoms with Crippen LogP contribution >= 0.6 is 0 Å². The molecular formula is C20H31NO3. The fraction of sp³-hybridized carbons (Fsp3) is 0.650. The normalized spacial score (nSPS) is 15.8. The van der Waals surface area contributed by atoms with Crippen molar-refractivity contribution in [3.8, 4) is 5.75 Å². The minimum atomic E-state index is -0.595. The van der Waals surface area contributed by atoms with Crippen LogP contribution < -0.4 is 4.74 Å². The van der Waals surface area contributed by atoms with Gasteiger partial charge in [-0.25, -0.2) is 4.79 Å². The average Bonchev–Trinajstić information content (AvgIpc) is 2.55. The Bertz CT molecular complexity index is 507. The molecule has 0 radical (unpaired) electrons. The Morgan fingerprint density at radius 2 is 1.62 bits per heavy atom. The first-order valence-electron chi connectivity index (χ1n) is 9.18. The van der Waals surface area contributed by atoms with Crippen molar-refractivity contribution in [1.82, 2.24) is 4.90 Å². The van der Waals surface area contributed by atoms with Crippen LogP contribution in [-0.2, 0) is 4.74 Å². The summed E-state index contributed by atoms with van der Waals surface area (Å²) in [4.78, 5) is 14.5. The molecule has 1 saturated heterocycles. The minimum absolute atomic E-state index is 0.292. The van der Waals surface area contributed by atoms with E-state index in [1.165, 1.54) is 19.3 Å². The first kappa shape index (κ1) is 18.8. The van der Waals surface area contributed by atoms with Crippen LogP contribution in [0.2, 0.25) is 0 Å². The molecular weight excluding hydrogens is 302 g/mol. The number of para-hydroxylation sites is 1. The Hall–Kier alpha value is -1.55. The van der Waals surface area contributed by atoms with E-state index in [4.69, 9.17) is 9.47 Å². The first-order valence-corrected chi connectivity index (χ1v) is 9.18. The topological polar surface area (TPSA) is 38.8 Å². The highest BCUT2D eigenvalue weighted by molar-refractivity contribution is 5.66. The monoisotopic (exact) mass is 333 g/mol. The lowest BCUT2D eigenvalue weighted by Crippen LogP contribution is -2.33. The molecule has 1 fully saturated rings. The van der Waals surface area contributed by atoms with Gasteiger partial charge in [0.2, 0.25) is 0 Å². The van der Waals surface area contributed by atoms with Crippen molar-refractivity contribution in [2.24, 2.45) is 0 Å². The summed E-state index contributed by atoms with van der Waals surface area (Å²) in [5, 5.41) is 0. The number of nitrogens with zero attached hydrogens (tertiary/aromatic N) is 1. The van der Waals surface area contributed by atoms with Gasteiger partial charge in [-0.15, -0.1) is 0 Å². The molecule has 1 heterocycles. The van der Waals surface area contributed by atoms with Crippen molar-refractivity contribution in [2.75, 3.05) is 26.2 Å². The van der Waals surface area contributed by atoms with Crippen molar-refractivity contribution in [3.63, 3.8) is 0 Å². The van der Waals surface area contributed by atoms with Gasteiger partial charge in [0.05, 0.1) is 0 Å². The summed E-state index contributed by atoms with van der Waals surface area (Å²) in [7, 11) is 0. The van der Waals surface area contributed by atoms with Crippen LogP contribution in [0.4, 0.5) is 4.79 Å². The van der Waals surface area contributed by atoms with E-state index in [-0.39, 0.29) is 0 Å². The highest BCUT2D eigenvalue weighted by Gasteiger charge is 2.19. The van der Waals surface area contributed by atoms with Crippen molar-refractivity contribution in [2.45, 2.75) is 58.8 Å². The summed E-state index contributed by atoms with van der Waals surface area (Å²) in [5.41, 5.74) is 2.10. The fourth-order valence-corrected chi connectivity index (χ4v) is 3.15. The molecule has 0 bridgehead atoms. The number of carbonyl (C=O) groups excluding carboxylic acids is 1. The third-order valence-corrected chi connectivity index (χ3v) is 4.58. The molecule has 0 saturated carbocycles. The average molecular weight is 333 g/mol. The molecule has 0 amide bonds. The predicted octanol–water partition coefficient (Wildman–Crippen LogP) is 4.93. The van der Waals surface area contributed by atoms with Gasteiger partial charge in [-0.2, -0.15) is 0 Å². The third-order valence-electron chi connectivity index (χ3n) is 4.58. The van der Waals surface area contributed by atoms with Gasteiger partial charge < -0.3 is 9.47 Å². The number of hydrogen-bond donors (Lipinski definition) is 0. The van der Waals surface area contributed by atoms with Crippen LogP contribution in [0.3, 0.4) is 0 Å². The molecule has 1 aliphatic heterocycles. The van der Waals surface area contributed by atoms with E-state index in [1.54, 1.807) is 0 Å². The minimum Gasteiger partial charge on any atom is -0.433 e. The van der Waals surface area contributed by atoms with Crippen LogP contribution in [0.15, 0.2) is 18.2 Å². The maximum atomic E-state index is 12.1. The lowest BCUT2D eigenvalue weighted by atomic mass is 9.94. The van der Waals surface area contributed by atoms with E-state index in [0.29, 0.717) is 24.2 Å². The molecule has 4 nitrogen and oxygen atoms in total. The van der Waals surface area contributed by atoms with Gasteiger partial charge in [-0.1, -0.05) is 52.3 Å². The number of benzene rings is 1. The standard InChI is InChI=1S/C20H31NO3/c1-15(2)17-9-8-10-18(16(3)4)19(17)24-20(22)23-14-13-21-11-6-5-7-12-21/h8-10,15-16H,5-7,11-14H2,1-4H3. The van der Waals surface area contributed by atoms with Crippen LogP contribution in [0.1, 0.15) is 69.9 Å². The van der Waals surface area contributed by atoms with Crippen LogP contribution in [0.5, 0.6) is 5.75 Å². The smallest absolute Gasteiger partial charge is 0.433 e. The number of hydrogen-bond acceptors (Lipinski definition) is 4. The Kier molecular flexibility index (Phi) is 7.10. The molecule has 4 heteroatoms. The van der Waals surface area contributed by atoms with Gasteiger partial charge in [0.25, 0.3) is 0 Å². The summed E-state index contributed by atoms with van der Waals surface area (Å²) >= 11 is 0. The fourth-order valence-electron chi connectivity index (χ4n) is 3.15. The van der Waals surface area contributed by atoms with E-state index in [0.717, 1.165) is 30.8 Å². The first-order chi connectivity index (χ1) is 11.5. The second kappa shape index (κ2) is 9.07. The SMILES string of the molecule is CC(C)c1cccc(C(C)C)c1OC(=O)OCCN1CCCCC1. The van der Waals surface area contributed by atoms with Crippen molar-refractivity contribution in [3.05, 3.63) is 29.3 Å². The second-order valence-corrected chi connectivity index (χ2v) is 7.18. The van der Waals surface area contributed by atoms with E-state index in [9.17, 15) is 4.79 Å². The van der Waals surface area contributed by atoms with E-state index in [2.05, 4.69) is 32.6 Å². The molecule has 0 atom stereocenters. The molecule has 2 rings (SSSR count). The van der Waals surface area contributed by atoms with Crippen molar-refractivity contribution in [1.29, 1.82) is 0 Å². The van der Waals surface area contributed by atoms with Gasteiger partial charge in [0.15, 0.2) is 0 Å². The Morgan fingerprint density at radius 3 is 2.17 bits per heavy atom. The van der Waals surface area contributed by atoms with Crippen LogP contribution in [0, 0.1) is 0 Å². The molecule has 0 unspecified atom stereocenters. The predicted molar refractivity (Wildman–Crippen MR) is 96.9 cm³/mol. The number of likely N-dealkylation sites (tertiary alicyclic amines) is 1. The van der Waals surface area contributed by atoms with Gasteiger partial charge >= 0.3 is 6.16 Å². The Labute approximate surface area is 146 Å². The molecule has 24 heavy (non-hydrogen) atoms. The maximum Gasteiger partial charge on any atom is 0.513 e. The molecule has 1 aromatic carbocycles. The molecule has 0 aliphatic carbocycles. The molecule has 0 N–H and O–H groups in total. The highest BCUT2D eigenvalue weighted by Crippen LogP contribution is 2.34. The van der Waals surface area contributed by atoms with Crippen molar-refractivity contribution < 1.29 is 14.3 Å². The zero-order valence-corrected chi connectivity index (χ0v) is 15.5. The van der Waals surface area contributed by atoms with Crippen molar-refractivity contribution >= 4 is 6.16 Å². The zero-order chi connectivity index (χ0) is 17.5. The van der Waals surface area contributed by atoms with Gasteiger partial charge in [0, 0.05) is 6.54 Å². The van der Waals surface area contributed by atoms with E-state index in [1.807, 2.05) is 18.2 Å². The summed E-state index contributed by atoms with van der Waals surface area (Å²) in [6.07, 6.45) is 3.19. The molecule has 1 aromatic rings. The number of piperidine rings is 1. The van der Waals surface area contributed by atoms with Crippen LogP contribution in [-0.4, -0.2) is 37.3 Å². The number of carbonyl (C=O) groups is 1. The Balaban J connectivity index is 1.94. The Morgan fingerprint density at radius 1 is 1.04 bits per heavy atom. The number of rotatable bonds is 6. The molecule has 0 spiro atoms. The molecule has 0 aromatic heterocycles. The summed E-state index contributed by atoms with van der Waals surface area (Å²) in [6.45, 7) is 11.8.